The van der Waals surface area contributed by atoms with Gasteiger partial charge in [-0.15, -0.1) is 0 Å². The molecule has 1 aliphatic heterocycles. The minimum Gasteiger partial charge on any atom is -0.385 e. The number of hydrogen-bond acceptors (Lipinski definition) is 2. The average Bonchev–Trinajstić information content (AvgIpc) is 2.46. The van der Waals surface area contributed by atoms with Crippen LogP contribution in [0.2, 0.25) is 0 Å². The normalized spacial score (nSPS) is 13.3. The van der Waals surface area contributed by atoms with Crippen LogP contribution < -0.4 is 5.32 Å². The molecule has 0 atom stereocenters. The number of hydrogen-bond donors (Lipinski definition) is 1. The number of nitrogens with one attached hydrogen (secondary N) is 1. The smallest absolute Gasteiger partial charge is 0.125 e. The van der Waals surface area contributed by atoms with E-state index < -0.39 is 0 Å². The summed E-state index contributed by atoms with van der Waals surface area (Å²) in [6.07, 6.45) is 2.15. The number of anilines is 1. The third kappa shape index (κ3) is 2.30. The Balaban J connectivity index is 2.07. The predicted octanol–water partition coefficient (Wildman–Crippen LogP) is 3.72. The van der Waals surface area contributed by atoms with Gasteiger partial charge in [0.2, 0.25) is 0 Å². The fourth-order valence-corrected chi connectivity index (χ4v) is 2.48. The van der Waals surface area contributed by atoms with E-state index in [4.69, 9.17) is 5.26 Å². The van der Waals surface area contributed by atoms with Crippen LogP contribution in [0.5, 0.6) is 0 Å². The van der Waals surface area contributed by atoms with Crippen molar-refractivity contribution in [3.05, 3.63) is 53.3 Å². The summed E-state index contributed by atoms with van der Waals surface area (Å²) in [5.74, 6) is -0.370. The van der Waals surface area contributed by atoms with Gasteiger partial charge in [-0.1, -0.05) is 6.07 Å². The van der Waals surface area contributed by atoms with Gasteiger partial charge >= 0.3 is 0 Å². The van der Waals surface area contributed by atoms with Gasteiger partial charge in [0.1, 0.15) is 5.82 Å². The van der Waals surface area contributed by atoms with Gasteiger partial charge in [-0.25, -0.2) is 4.39 Å². The lowest BCUT2D eigenvalue weighted by molar-refractivity contribution is 0.628. The van der Waals surface area contributed by atoms with Gasteiger partial charge in [0, 0.05) is 12.2 Å². The number of halogens is 1. The monoisotopic (exact) mass is 252 g/mol. The highest BCUT2D eigenvalue weighted by atomic mass is 19.1. The highest BCUT2D eigenvalue weighted by Gasteiger charge is 2.10. The molecule has 2 nitrogen and oxygen atoms in total. The van der Waals surface area contributed by atoms with Crippen molar-refractivity contribution in [3.63, 3.8) is 0 Å². The minimum atomic E-state index is -0.370. The molecule has 0 aromatic heterocycles. The lowest BCUT2D eigenvalue weighted by Gasteiger charge is -2.18. The first-order valence-electron chi connectivity index (χ1n) is 6.34. The van der Waals surface area contributed by atoms with E-state index in [0.29, 0.717) is 5.56 Å². The Morgan fingerprint density at radius 3 is 2.84 bits per heavy atom. The van der Waals surface area contributed by atoms with Gasteiger partial charge in [0.25, 0.3) is 0 Å². The fraction of sp³-hybridized carbons (Fsp3) is 0.188. The maximum atomic E-state index is 13.5. The van der Waals surface area contributed by atoms with E-state index in [-0.39, 0.29) is 5.82 Å². The number of nitrogens with zero attached hydrogens (tertiary/aromatic N) is 1. The third-order valence-electron chi connectivity index (χ3n) is 3.40. The molecule has 0 saturated carbocycles. The Kier molecular flexibility index (Phi) is 2.92. The molecule has 19 heavy (non-hydrogen) atoms. The van der Waals surface area contributed by atoms with Gasteiger partial charge in [-0.2, -0.15) is 5.26 Å². The van der Waals surface area contributed by atoms with Crippen molar-refractivity contribution in [1.29, 1.82) is 5.26 Å². The van der Waals surface area contributed by atoms with Crippen molar-refractivity contribution >= 4 is 5.69 Å². The summed E-state index contributed by atoms with van der Waals surface area (Å²) in [7, 11) is 0. The molecule has 2 aromatic rings. The zero-order valence-electron chi connectivity index (χ0n) is 10.4. The highest BCUT2D eigenvalue weighted by Crippen LogP contribution is 2.29. The van der Waals surface area contributed by atoms with Crippen molar-refractivity contribution < 1.29 is 4.39 Å². The zero-order chi connectivity index (χ0) is 13.2. The van der Waals surface area contributed by atoms with E-state index in [1.807, 2.05) is 18.2 Å². The molecule has 1 heterocycles. The second kappa shape index (κ2) is 4.74. The molecule has 1 N–H and O–H groups in total. The Morgan fingerprint density at radius 2 is 2.00 bits per heavy atom. The molecule has 3 rings (SSSR count). The van der Waals surface area contributed by atoms with E-state index in [9.17, 15) is 4.39 Å². The van der Waals surface area contributed by atoms with Gasteiger partial charge in [0.15, 0.2) is 0 Å². The number of benzene rings is 2. The van der Waals surface area contributed by atoms with E-state index in [1.54, 1.807) is 6.07 Å². The van der Waals surface area contributed by atoms with Crippen LogP contribution in [0.4, 0.5) is 10.1 Å². The van der Waals surface area contributed by atoms with Crippen molar-refractivity contribution in [2.45, 2.75) is 12.8 Å². The summed E-state index contributed by atoms with van der Waals surface area (Å²) in [6.45, 7) is 1.00. The second-order valence-corrected chi connectivity index (χ2v) is 4.74. The van der Waals surface area contributed by atoms with E-state index in [1.165, 1.54) is 17.7 Å². The lowest BCUT2D eigenvalue weighted by Crippen LogP contribution is -2.11. The first-order valence-corrected chi connectivity index (χ1v) is 6.34. The summed E-state index contributed by atoms with van der Waals surface area (Å²) in [5, 5.41) is 12.2. The SMILES string of the molecule is N#Cc1cc(F)cc(-c2ccc3c(c2)CCCN3)c1. The Bertz CT molecular complexity index is 671. The van der Waals surface area contributed by atoms with Gasteiger partial charge in [-0.3, -0.25) is 0 Å². The number of fused-ring (bicyclic) bond motifs is 1. The predicted molar refractivity (Wildman–Crippen MR) is 73.4 cm³/mol. The highest BCUT2D eigenvalue weighted by molar-refractivity contribution is 5.70. The molecule has 0 fully saturated rings. The number of rotatable bonds is 1. The molecule has 0 unspecified atom stereocenters. The Labute approximate surface area is 111 Å². The van der Waals surface area contributed by atoms with Crippen LogP contribution in [0, 0.1) is 17.1 Å². The van der Waals surface area contributed by atoms with Crippen molar-refractivity contribution in [2.24, 2.45) is 0 Å². The standard InChI is InChI=1S/C16H13FN2/c17-15-7-11(10-18)6-14(9-15)12-3-4-16-13(8-12)2-1-5-19-16/h3-4,6-9,19H,1-2,5H2. The molecule has 0 saturated heterocycles. The second-order valence-electron chi connectivity index (χ2n) is 4.74. The molecule has 0 bridgehead atoms. The van der Waals surface area contributed by atoms with Crippen molar-refractivity contribution in [1.82, 2.24) is 0 Å². The fourth-order valence-electron chi connectivity index (χ4n) is 2.48. The molecule has 1 aliphatic rings. The van der Waals surface area contributed by atoms with Gasteiger partial charge < -0.3 is 5.32 Å². The summed E-state index contributed by atoms with van der Waals surface area (Å²) < 4.78 is 13.5. The van der Waals surface area contributed by atoms with E-state index in [0.717, 1.165) is 36.2 Å². The topological polar surface area (TPSA) is 35.8 Å². The quantitative estimate of drug-likeness (QED) is 0.839. The van der Waals surface area contributed by atoms with Crippen molar-refractivity contribution in [2.75, 3.05) is 11.9 Å². The maximum Gasteiger partial charge on any atom is 0.125 e. The van der Waals surface area contributed by atoms with Crippen LogP contribution in [-0.2, 0) is 6.42 Å². The summed E-state index contributed by atoms with van der Waals surface area (Å²) >= 11 is 0. The van der Waals surface area contributed by atoms with Gasteiger partial charge in [-0.05, 0) is 59.9 Å². The molecule has 0 aliphatic carbocycles. The molecule has 0 amide bonds. The van der Waals surface area contributed by atoms with Crippen molar-refractivity contribution in [3.8, 4) is 17.2 Å². The summed E-state index contributed by atoms with van der Waals surface area (Å²) in [5.41, 5.74) is 4.48. The third-order valence-corrected chi connectivity index (χ3v) is 3.40. The maximum absolute atomic E-state index is 13.5. The van der Waals surface area contributed by atoms with Crippen LogP contribution >= 0.6 is 0 Å². The number of nitriles is 1. The van der Waals surface area contributed by atoms with E-state index in [2.05, 4.69) is 11.4 Å². The molecule has 94 valence electrons. The summed E-state index contributed by atoms with van der Waals surface area (Å²) in [6, 6.07) is 12.5. The molecular formula is C16H13FN2. The molecule has 0 radical (unpaired) electrons. The zero-order valence-corrected chi connectivity index (χ0v) is 10.4. The van der Waals surface area contributed by atoms with Crippen LogP contribution in [0.25, 0.3) is 11.1 Å². The van der Waals surface area contributed by atoms with Crippen LogP contribution in [-0.4, -0.2) is 6.54 Å². The number of aryl methyl sites for hydroxylation is 1. The lowest BCUT2D eigenvalue weighted by atomic mass is 9.96. The Morgan fingerprint density at radius 1 is 1.11 bits per heavy atom. The largest absolute Gasteiger partial charge is 0.385 e. The van der Waals surface area contributed by atoms with Gasteiger partial charge in [0.05, 0.1) is 11.6 Å². The van der Waals surface area contributed by atoms with Crippen LogP contribution in [0.3, 0.4) is 0 Å². The first kappa shape index (κ1) is 11.7. The Hall–Kier alpha value is -2.34. The minimum absolute atomic E-state index is 0.353. The summed E-state index contributed by atoms with van der Waals surface area (Å²) in [4.78, 5) is 0. The molecular weight excluding hydrogens is 239 g/mol. The molecule has 2 aromatic carbocycles. The molecule has 3 heteroatoms. The first-order chi connectivity index (χ1) is 9.26. The average molecular weight is 252 g/mol. The van der Waals surface area contributed by atoms with E-state index >= 15 is 0 Å². The van der Waals surface area contributed by atoms with Crippen LogP contribution in [0.15, 0.2) is 36.4 Å². The molecule has 0 spiro atoms. The van der Waals surface area contributed by atoms with Crippen LogP contribution in [0.1, 0.15) is 17.5 Å².